The van der Waals surface area contributed by atoms with E-state index in [0.29, 0.717) is 11.3 Å². The van der Waals surface area contributed by atoms with Crippen LogP contribution in [0.2, 0.25) is 0 Å². The summed E-state index contributed by atoms with van der Waals surface area (Å²) in [5.74, 6) is 3.33. The van der Waals surface area contributed by atoms with Gasteiger partial charge in [0.05, 0.1) is 11.8 Å². The van der Waals surface area contributed by atoms with Crippen molar-refractivity contribution in [2.75, 3.05) is 0 Å². The molecule has 3 heteroatoms. The summed E-state index contributed by atoms with van der Waals surface area (Å²) in [6.07, 6.45) is 16.1. The van der Waals surface area contributed by atoms with E-state index in [-0.39, 0.29) is 11.5 Å². The highest BCUT2D eigenvalue weighted by atomic mass is 16.3. The molecule has 4 aliphatic rings. The number of aryl methyl sites for hydroxylation is 1. The van der Waals surface area contributed by atoms with Gasteiger partial charge in [0.1, 0.15) is 0 Å². The first-order valence-electron chi connectivity index (χ1n) is 11.3. The maximum absolute atomic E-state index is 11.3. The zero-order valence-corrected chi connectivity index (χ0v) is 17.3. The van der Waals surface area contributed by atoms with Gasteiger partial charge in [-0.15, -0.1) is 0 Å². The number of nitrogens with zero attached hydrogens (tertiary/aromatic N) is 2. The standard InChI is InChI=1S/C24H36N2O/c1-23-11-5-4-6-17(23)7-8-19-20(23)9-12-24(2)21(19)15-16(22(24)27)14-18-10-13-25-26(18)3/h10,13-14,17,19-22,27H,4-9,11-12,15H2,1-3H3/b16-14-. The number of aliphatic hydroxyl groups is 1. The predicted octanol–water partition coefficient (Wildman–Crippen LogP) is 5.21. The van der Waals surface area contributed by atoms with E-state index in [2.05, 4.69) is 31.1 Å². The molecule has 5 rings (SSSR count). The van der Waals surface area contributed by atoms with Gasteiger partial charge in [-0.25, -0.2) is 0 Å². The Kier molecular flexibility index (Phi) is 4.13. The lowest BCUT2D eigenvalue weighted by molar-refractivity contribution is -0.119. The summed E-state index contributed by atoms with van der Waals surface area (Å²) in [4.78, 5) is 0. The first-order valence-corrected chi connectivity index (χ1v) is 11.3. The van der Waals surface area contributed by atoms with Crippen LogP contribution < -0.4 is 0 Å². The van der Waals surface area contributed by atoms with Crippen molar-refractivity contribution in [1.29, 1.82) is 0 Å². The fourth-order valence-corrected chi connectivity index (χ4v) is 8.01. The molecule has 4 aliphatic carbocycles. The molecule has 0 radical (unpaired) electrons. The van der Waals surface area contributed by atoms with Crippen molar-refractivity contribution >= 4 is 6.08 Å². The van der Waals surface area contributed by atoms with Gasteiger partial charge in [0.25, 0.3) is 0 Å². The van der Waals surface area contributed by atoms with Crippen LogP contribution >= 0.6 is 0 Å². The van der Waals surface area contributed by atoms with Crippen molar-refractivity contribution in [2.24, 2.45) is 41.5 Å². The molecule has 0 bridgehead atoms. The molecule has 148 valence electrons. The van der Waals surface area contributed by atoms with Crippen LogP contribution in [0.25, 0.3) is 6.08 Å². The van der Waals surface area contributed by atoms with E-state index in [1.165, 1.54) is 56.9 Å². The van der Waals surface area contributed by atoms with Crippen LogP contribution in [0.4, 0.5) is 0 Å². The number of fused-ring (bicyclic) bond motifs is 5. The lowest BCUT2D eigenvalue weighted by atomic mass is 9.45. The molecule has 0 aromatic carbocycles. The van der Waals surface area contributed by atoms with Gasteiger partial charge in [0.15, 0.2) is 0 Å². The van der Waals surface area contributed by atoms with Crippen LogP contribution in [-0.4, -0.2) is 21.0 Å². The highest BCUT2D eigenvalue weighted by Gasteiger charge is 2.60. The molecule has 1 aromatic heterocycles. The average Bonchev–Trinajstić information content (AvgIpc) is 3.17. The third kappa shape index (κ3) is 2.53. The molecule has 27 heavy (non-hydrogen) atoms. The molecule has 0 saturated heterocycles. The molecule has 7 unspecified atom stereocenters. The Balaban J connectivity index is 1.47. The second-order valence-electron chi connectivity index (χ2n) is 10.7. The van der Waals surface area contributed by atoms with E-state index in [9.17, 15) is 5.11 Å². The molecule has 4 fully saturated rings. The van der Waals surface area contributed by atoms with E-state index >= 15 is 0 Å². The monoisotopic (exact) mass is 368 g/mol. The van der Waals surface area contributed by atoms with Gasteiger partial charge in [-0.05, 0) is 91.7 Å². The number of hydrogen-bond donors (Lipinski definition) is 1. The fraction of sp³-hybridized carbons (Fsp3) is 0.792. The van der Waals surface area contributed by atoms with Gasteiger partial charge < -0.3 is 5.11 Å². The van der Waals surface area contributed by atoms with Crippen molar-refractivity contribution in [3.05, 3.63) is 23.5 Å². The van der Waals surface area contributed by atoms with Gasteiger partial charge in [-0.2, -0.15) is 5.10 Å². The second-order valence-corrected chi connectivity index (χ2v) is 10.7. The fourth-order valence-electron chi connectivity index (χ4n) is 8.01. The molecule has 0 aliphatic heterocycles. The van der Waals surface area contributed by atoms with Gasteiger partial charge in [-0.1, -0.05) is 26.7 Å². The highest BCUT2D eigenvalue weighted by Crippen LogP contribution is 2.66. The van der Waals surface area contributed by atoms with Crippen molar-refractivity contribution in [2.45, 2.75) is 77.7 Å². The SMILES string of the molecule is Cn1nccc1/C=C1/CC2C3CCC4CCCCC4(C)C3CCC2(C)C1O. The third-order valence-electron chi connectivity index (χ3n) is 9.64. The Morgan fingerprint density at radius 2 is 1.93 bits per heavy atom. The summed E-state index contributed by atoms with van der Waals surface area (Å²) in [7, 11) is 1.99. The Labute approximate surface area is 164 Å². The topological polar surface area (TPSA) is 38.0 Å². The van der Waals surface area contributed by atoms with Crippen LogP contribution in [0.1, 0.15) is 77.3 Å². The van der Waals surface area contributed by atoms with E-state index in [1.54, 1.807) is 0 Å². The van der Waals surface area contributed by atoms with Crippen LogP contribution in [0.3, 0.4) is 0 Å². The molecule has 0 spiro atoms. The molecule has 4 saturated carbocycles. The number of aliphatic hydroxyl groups excluding tert-OH is 1. The number of aromatic nitrogens is 2. The summed E-state index contributed by atoms with van der Waals surface area (Å²) in [5, 5.41) is 15.6. The van der Waals surface area contributed by atoms with Crippen LogP contribution in [0.15, 0.2) is 17.8 Å². The average molecular weight is 369 g/mol. The minimum absolute atomic E-state index is 0.0729. The van der Waals surface area contributed by atoms with Crippen molar-refractivity contribution in [1.82, 2.24) is 9.78 Å². The summed E-state index contributed by atoms with van der Waals surface area (Å²) in [6, 6.07) is 2.06. The molecule has 1 N–H and O–H groups in total. The maximum Gasteiger partial charge on any atom is 0.0810 e. The lowest BCUT2D eigenvalue weighted by Crippen LogP contribution is -2.53. The Bertz CT molecular complexity index is 751. The van der Waals surface area contributed by atoms with E-state index in [0.717, 1.165) is 29.9 Å². The van der Waals surface area contributed by atoms with Gasteiger partial charge in [0.2, 0.25) is 0 Å². The Morgan fingerprint density at radius 1 is 1.07 bits per heavy atom. The van der Waals surface area contributed by atoms with Gasteiger partial charge >= 0.3 is 0 Å². The normalized spacial score (nSPS) is 48.1. The summed E-state index contributed by atoms with van der Waals surface area (Å²) < 4.78 is 1.92. The molecule has 7 atom stereocenters. The van der Waals surface area contributed by atoms with E-state index in [4.69, 9.17) is 0 Å². The second kappa shape index (κ2) is 6.20. The summed E-state index contributed by atoms with van der Waals surface area (Å²) in [5.41, 5.74) is 3.01. The minimum atomic E-state index is -0.282. The zero-order chi connectivity index (χ0) is 18.8. The van der Waals surface area contributed by atoms with Gasteiger partial charge in [-0.3, -0.25) is 4.68 Å². The molecule has 1 aromatic rings. The summed E-state index contributed by atoms with van der Waals surface area (Å²) in [6.45, 7) is 5.02. The van der Waals surface area contributed by atoms with Crippen LogP contribution in [0, 0.1) is 34.5 Å². The zero-order valence-electron chi connectivity index (χ0n) is 17.3. The lowest BCUT2D eigenvalue weighted by Gasteiger charge is -2.60. The molecular formula is C24H36N2O. The van der Waals surface area contributed by atoms with Crippen LogP contribution in [-0.2, 0) is 7.05 Å². The first-order chi connectivity index (χ1) is 12.9. The molecule has 1 heterocycles. The predicted molar refractivity (Wildman–Crippen MR) is 109 cm³/mol. The highest BCUT2D eigenvalue weighted by molar-refractivity contribution is 5.52. The molecule has 3 nitrogen and oxygen atoms in total. The van der Waals surface area contributed by atoms with Gasteiger partial charge in [0, 0.05) is 18.7 Å². The number of rotatable bonds is 1. The third-order valence-corrected chi connectivity index (χ3v) is 9.64. The number of hydrogen-bond acceptors (Lipinski definition) is 2. The maximum atomic E-state index is 11.3. The smallest absolute Gasteiger partial charge is 0.0810 e. The van der Waals surface area contributed by atoms with Crippen molar-refractivity contribution in [3.63, 3.8) is 0 Å². The largest absolute Gasteiger partial charge is 0.388 e. The molecular weight excluding hydrogens is 332 g/mol. The van der Waals surface area contributed by atoms with Crippen molar-refractivity contribution < 1.29 is 5.11 Å². The van der Waals surface area contributed by atoms with Crippen molar-refractivity contribution in [3.8, 4) is 0 Å². The summed E-state index contributed by atoms with van der Waals surface area (Å²) >= 11 is 0. The van der Waals surface area contributed by atoms with E-state index in [1.807, 2.05) is 17.9 Å². The Morgan fingerprint density at radius 3 is 2.70 bits per heavy atom. The quantitative estimate of drug-likeness (QED) is 0.739. The minimum Gasteiger partial charge on any atom is -0.388 e. The Hall–Kier alpha value is -1.09. The first kappa shape index (κ1) is 18.0. The molecule has 0 amide bonds. The van der Waals surface area contributed by atoms with Crippen LogP contribution in [0.5, 0.6) is 0 Å². The van der Waals surface area contributed by atoms with E-state index < -0.39 is 0 Å².